The van der Waals surface area contributed by atoms with E-state index in [4.69, 9.17) is 9.47 Å². The smallest absolute Gasteiger partial charge is 0.231 e. The fourth-order valence-electron chi connectivity index (χ4n) is 4.81. The molecular formula is C23H24N7O5-. The number of fused-ring (bicyclic) bond motifs is 3. The first kappa shape index (κ1) is 21.6. The quantitative estimate of drug-likeness (QED) is 0.305. The Morgan fingerprint density at radius 1 is 1.03 bits per heavy atom. The number of rotatable bonds is 6. The van der Waals surface area contributed by atoms with Gasteiger partial charge in [0.2, 0.25) is 12.3 Å². The van der Waals surface area contributed by atoms with Crippen molar-refractivity contribution in [3.63, 3.8) is 0 Å². The molecule has 4 heterocycles. The zero-order chi connectivity index (χ0) is 23.9. The Morgan fingerprint density at radius 2 is 1.83 bits per heavy atom. The Hall–Kier alpha value is -3.90. The summed E-state index contributed by atoms with van der Waals surface area (Å²) in [5.74, 6) is 0.912. The van der Waals surface area contributed by atoms with E-state index in [1.54, 1.807) is 0 Å². The van der Waals surface area contributed by atoms with E-state index < -0.39 is 5.75 Å². The molecule has 12 heteroatoms. The summed E-state index contributed by atoms with van der Waals surface area (Å²) in [6.07, 6.45) is 3.25. The van der Waals surface area contributed by atoms with Crippen molar-refractivity contribution in [1.29, 1.82) is 0 Å². The molecule has 35 heavy (non-hydrogen) atoms. The van der Waals surface area contributed by atoms with E-state index in [2.05, 4.69) is 30.9 Å². The number of aryl methyl sites for hydroxylation is 1. The zero-order valence-electron chi connectivity index (χ0n) is 19.0. The molecule has 0 amide bonds. The highest BCUT2D eigenvalue weighted by molar-refractivity contribution is 6.05. The summed E-state index contributed by atoms with van der Waals surface area (Å²) in [5, 5.41) is 39.9. The van der Waals surface area contributed by atoms with Gasteiger partial charge in [0.05, 0.1) is 6.54 Å². The molecule has 1 N–H and O–H groups in total. The first-order chi connectivity index (χ1) is 17.1. The van der Waals surface area contributed by atoms with Crippen molar-refractivity contribution in [3.05, 3.63) is 41.5 Å². The standard InChI is InChI=1S/C23H25N7O5/c31-22-16-11-24-13-25-19(16)23(32)20-21(22)29(30(33)26-20)5-1-4-27-6-8-28(9-7-27)12-15-2-3-17-18(10-15)35-14-34-17/h2-3,10-11,13,31-32H,1,4-9,12,14H2/p-1. The highest BCUT2D eigenvalue weighted by Crippen LogP contribution is 2.37. The molecule has 0 bridgehead atoms. The second kappa shape index (κ2) is 8.71. The van der Waals surface area contributed by atoms with Gasteiger partial charge in [-0.05, 0) is 24.1 Å². The van der Waals surface area contributed by atoms with Gasteiger partial charge >= 0.3 is 0 Å². The number of hydrogen-bond acceptors (Lipinski definition) is 10. The summed E-state index contributed by atoms with van der Waals surface area (Å²) < 4.78 is 12.1. The van der Waals surface area contributed by atoms with Crippen LogP contribution in [0.3, 0.4) is 0 Å². The molecule has 2 aromatic carbocycles. The Kier molecular flexibility index (Phi) is 5.38. The van der Waals surface area contributed by atoms with E-state index in [1.807, 2.05) is 12.1 Å². The molecule has 0 radical (unpaired) electrons. The Bertz CT molecular complexity index is 1400. The number of piperazine rings is 1. The number of aromatic hydroxyl groups is 1. The first-order valence-corrected chi connectivity index (χ1v) is 11.5. The van der Waals surface area contributed by atoms with Crippen LogP contribution in [-0.2, 0) is 13.1 Å². The van der Waals surface area contributed by atoms with Crippen LogP contribution in [0, 0.1) is 5.21 Å². The van der Waals surface area contributed by atoms with Gasteiger partial charge in [-0.3, -0.25) is 4.90 Å². The van der Waals surface area contributed by atoms with Gasteiger partial charge in [0.15, 0.2) is 17.2 Å². The maximum Gasteiger partial charge on any atom is 0.231 e. The van der Waals surface area contributed by atoms with Gasteiger partial charge in [0.25, 0.3) is 0 Å². The fourth-order valence-corrected chi connectivity index (χ4v) is 4.81. The van der Waals surface area contributed by atoms with E-state index in [9.17, 15) is 15.4 Å². The Labute approximate surface area is 200 Å². The third-order valence-corrected chi connectivity index (χ3v) is 6.65. The van der Waals surface area contributed by atoms with Crippen LogP contribution in [0.5, 0.6) is 23.0 Å². The number of aromatic nitrogens is 5. The number of ether oxygens (including phenoxy) is 2. The molecule has 6 rings (SSSR count). The van der Waals surface area contributed by atoms with Gasteiger partial charge in [-0.2, -0.15) is 0 Å². The summed E-state index contributed by atoms with van der Waals surface area (Å²) in [6, 6.07) is 6.07. The van der Waals surface area contributed by atoms with E-state index in [1.165, 1.54) is 22.8 Å². The van der Waals surface area contributed by atoms with E-state index in [0.29, 0.717) is 17.9 Å². The van der Waals surface area contributed by atoms with E-state index in [-0.39, 0.29) is 34.5 Å². The molecule has 1 fully saturated rings. The molecule has 2 aliphatic heterocycles. The summed E-state index contributed by atoms with van der Waals surface area (Å²) in [6.45, 7) is 5.95. The van der Waals surface area contributed by atoms with Crippen LogP contribution in [0.25, 0.3) is 21.9 Å². The number of hydrogen-bond donors (Lipinski definition) is 1. The van der Waals surface area contributed by atoms with Gasteiger partial charge in [-0.15, -0.1) is 4.68 Å². The van der Waals surface area contributed by atoms with Crippen molar-refractivity contribution in [3.8, 4) is 23.0 Å². The van der Waals surface area contributed by atoms with Crippen LogP contribution in [0.15, 0.2) is 30.7 Å². The van der Waals surface area contributed by atoms with Crippen LogP contribution in [0.4, 0.5) is 0 Å². The molecule has 0 spiro atoms. The van der Waals surface area contributed by atoms with Crippen molar-refractivity contribution in [2.75, 3.05) is 39.5 Å². The van der Waals surface area contributed by atoms with Crippen molar-refractivity contribution in [1.82, 2.24) is 29.5 Å². The molecular weight excluding hydrogens is 454 g/mol. The van der Waals surface area contributed by atoms with Gasteiger partial charge in [0.1, 0.15) is 17.4 Å². The van der Waals surface area contributed by atoms with Crippen molar-refractivity contribution in [2.24, 2.45) is 0 Å². The lowest BCUT2D eigenvalue weighted by Gasteiger charge is -2.34. The normalized spacial score (nSPS) is 16.5. The summed E-state index contributed by atoms with van der Waals surface area (Å²) in [4.78, 5) is 13.0. The predicted octanol–water partition coefficient (Wildman–Crippen LogP) is 0.329. The summed E-state index contributed by atoms with van der Waals surface area (Å²) in [5.41, 5.74) is 1.34. The molecule has 4 aromatic rings. The van der Waals surface area contributed by atoms with Gasteiger partial charge in [0, 0.05) is 60.9 Å². The molecule has 2 aliphatic rings. The van der Waals surface area contributed by atoms with Gasteiger partial charge in [-0.1, -0.05) is 11.8 Å². The van der Waals surface area contributed by atoms with Crippen LogP contribution < -0.4 is 19.5 Å². The molecule has 0 unspecified atom stereocenters. The lowest BCUT2D eigenvalue weighted by molar-refractivity contribution is -0.746. The maximum atomic E-state index is 13.0. The summed E-state index contributed by atoms with van der Waals surface area (Å²) >= 11 is 0. The van der Waals surface area contributed by atoms with Crippen LogP contribution in [-0.4, -0.2) is 74.2 Å². The SMILES string of the molecule is [O-]c1c2cncnc2c(O)c2n[n+]([O-])n(CCCN3CCN(Cc4ccc5c(c4)OCO5)CC3)c12. The third-order valence-electron chi connectivity index (χ3n) is 6.65. The maximum absolute atomic E-state index is 13.0. The van der Waals surface area contributed by atoms with Crippen molar-refractivity contribution >= 4 is 21.9 Å². The average molecular weight is 478 g/mol. The first-order valence-electron chi connectivity index (χ1n) is 11.5. The average Bonchev–Trinajstić information content (AvgIpc) is 3.48. The number of phenols is 1. The topological polar surface area (TPSA) is 139 Å². The number of phenolic OH excluding ortho intramolecular Hbond substituents is 1. The fraction of sp³-hybridized carbons (Fsp3) is 0.391. The van der Waals surface area contributed by atoms with E-state index in [0.717, 1.165) is 50.8 Å². The minimum absolute atomic E-state index is 0.0340. The van der Waals surface area contributed by atoms with Gasteiger partial charge < -0.3 is 29.8 Å². The minimum atomic E-state index is -0.410. The zero-order valence-corrected chi connectivity index (χ0v) is 19.0. The van der Waals surface area contributed by atoms with Crippen molar-refractivity contribution in [2.45, 2.75) is 19.5 Å². The predicted molar refractivity (Wildman–Crippen MR) is 122 cm³/mol. The number of nitrogens with zero attached hydrogens (tertiary/aromatic N) is 7. The highest BCUT2D eigenvalue weighted by Gasteiger charge is 2.23. The minimum Gasteiger partial charge on any atom is -0.870 e. The molecule has 12 nitrogen and oxygen atoms in total. The highest BCUT2D eigenvalue weighted by atomic mass is 16.7. The lowest BCUT2D eigenvalue weighted by atomic mass is 10.1. The molecule has 0 saturated carbocycles. The monoisotopic (exact) mass is 478 g/mol. The summed E-state index contributed by atoms with van der Waals surface area (Å²) in [7, 11) is 0. The van der Waals surface area contributed by atoms with Crippen LogP contribution >= 0.6 is 0 Å². The molecule has 1 saturated heterocycles. The van der Waals surface area contributed by atoms with Crippen LogP contribution in [0.2, 0.25) is 0 Å². The third kappa shape index (κ3) is 3.90. The molecule has 2 aromatic heterocycles. The van der Waals surface area contributed by atoms with Gasteiger partial charge in [-0.25, -0.2) is 9.97 Å². The molecule has 182 valence electrons. The molecule has 0 aliphatic carbocycles. The lowest BCUT2D eigenvalue weighted by Crippen LogP contribution is -2.46. The largest absolute Gasteiger partial charge is 0.870 e. The van der Waals surface area contributed by atoms with Crippen LogP contribution in [0.1, 0.15) is 12.0 Å². The Morgan fingerprint density at radius 3 is 2.69 bits per heavy atom. The second-order valence-corrected chi connectivity index (χ2v) is 8.79. The second-order valence-electron chi connectivity index (χ2n) is 8.79. The van der Waals surface area contributed by atoms with Crippen molar-refractivity contribution < 1.29 is 24.6 Å². The Balaban J connectivity index is 1.07. The molecule has 0 atom stereocenters. The number of benzene rings is 2. The van der Waals surface area contributed by atoms with E-state index >= 15 is 0 Å².